The number of anilines is 2. The van der Waals surface area contributed by atoms with E-state index >= 15 is 0 Å². The molecule has 2 aromatic rings. The number of fused-ring (bicyclic) bond motifs is 1. The molecule has 1 aromatic carbocycles. The number of hydrogen-bond acceptors (Lipinski definition) is 5. The Hall–Kier alpha value is -1.97. The summed E-state index contributed by atoms with van der Waals surface area (Å²) in [6.07, 6.45) is 0. The summed E-state index contributed by atoms with van der Waals surface area (Å²) in [5, 5.41) is 15.0. The molecule has 100 valence electrons. The van der Waals surface area contributed by atoms with Crippen molar-refractivity contribution >= 4 is 40.4 Å². The first-order chi connectivity index (χ1) is 9.74. The average molecular weight is 301 g/mol. The van der Waals surface area contributed by atoms with Crippen molar-refractivity contribution in [2.75, 3.05) is 16.4 Å². The normalized spacial score (nSPS) is 13.2. The molecule has 4 nitrogen and oxygen atoms in total. The minimum absolute atomic E-state index is 0.0385. The number of rotatable bonds is 3. The number of benzene rings is 1. The molecule has 1 amide bonds. The number of thiophene rings is 1. The molecule has 1 aliphatic heterocycles. The Kier molecular flexibility index (Phi) is 3.63. The highest BCUT2D eigenvalue weighted by molar-refractivity contribution is 8.00. The zero-order valence-corrected chi connectivity index (χ0v) is 12.1. The maximum Gasteiger partial charge on any atom is 0.234 e. The third kappa shape index (κ3) is 2.79. The van der Waals surface area contributed by atoms with Gasteiger partial charge in [-0.25, -0.2) is 0 Å². The minimum Gasteiger partial charge on any atom is -0.380 e. The Balaban J connectivity index is 1.70. The van der Waals surface area contributed by atoms with Crippen LogP contribution in [0, 0.1) is 11.3 Å². The Morgan fingerprint density at radius 3 is 3.05 bits per heavy atom. The summed E-state index contributed by atoms with van der Waals surface area (Å²) in [7, 11) is 0. The van der Waals surface area contributed by atoms with Gasteiger partial charge >= 0.3 is 0 Å². The topological polar surface area (TPSA) is 64.9 Å². The number of nitriles is 1. The van der Waals surface area contributed by atoms with E-state index in [1.165, 1.54) is 11.3 Å². The van der Waals surface area contributed by atoms with Gasteiger partial charge in [0.05, 0.1) is 11.4 Å². The summed E-state index contributed by atoms with van der Waals surface area (Å²) >= 11 is 3.04. The first-order valence-electron chi connectivity index (χ1n) is 6.04. The van der Waals surface area contributed by atoms with Crippen LogP contribution in [-0.2, 0) is 11.3 Å². The first-order valence-corrected chi connectivity index (χ1v) is 7.84. The van der Waals surface area contributed by atoms with E-state index in [4.69, 9.17) is 5.26 Å². The molecule has 0 saturated carbocycles. The van der Waals surface area contributed by atoms with E-state index in [9.17, 15) is 4.79 Å². The number of nitrogens with zero attached hydrogens (tertiary/aromatic N) is 1. The molecule has 0 fully saturated rings. The fourth-order valence-electron chi connectivity index (χ4n) is 1.92. The standard InChI is InChI=1S/C14H11N3OS2/c15-6-10-2-3-11(20-10)7-16-9-1-4-13-12(5-9)17-14(18)8-19-13/h1-5,16H,7-8H2,(H,17,18). The van der Waals surface area contributed by atoms with Crippen LogP contribution >= 0.6 is 23.1 Å². The van der Waals surface area contributed by atoms with Crippen molar-refractivity contribution in [1.29, 1.82) is 5.26 Å². The van der Waals surface area contributed by atoms with Crippen molar-refractivity contribution in [3.8, 4) is 6.07 Å². The van der Waals surface area contributed by atoms with Crippen LogP contribution in [0.5, 0.6) is 0 Å². The fraction of sp³-hybridized carbons (Fsp3) is 0.143. The Labute approximate surface area is 124 Å². The monoisotopic (exact) mass is 301 g/mol. The van der Waals surface area contributed by atoms with Crippen molar-refractivity contribution in [2.45, 2.75) is 11.4 Å². The molecular formula is C14H11N3OS2. The predicted molar refractivity (Wildman–Crippen MR) is 82.2 cm³/mol. The third-order valence-corrected chi connectivity index (χ3v) is 4.91. The van der Waals surface area contributed by atoms with E-state index in [0.717, 1.165) is 26.0 Å². The summed E-state index contributed by atoms with van der Waals surface area (Å²) in [5.74, 6) is 0.517. The summed E-state index contributed by atoms with van der Waals surface area (Å²) in [4.78, 5) is 14.3. The Morgan fingerprint density at radius 2 is 2.25 bits per heavy atom. The molecule has 0 radical (unpaired) electrons. The minimum atomic E-state index is 0.0385. The number of nitrogens with one attached hydrogen (secondary N) is 2. The molecule has 6 heteroatoms. The highest BCUT2D eigenvalue weighted by atomic mass is 32.2. The van der Waals surface area contributed by atoms with Crippen molar-refractivity contribution < 1.29 is 4.79 Å². The third-order valence-electron chi connectivity index (χ3n) is 2.85. The van der Waals surface area contributed by atoms with Crippen LogP contribution in [0.3, 0.4) is 0 Å². The van der Waals surface area contributed by atoms with Gasteiger partial charge in [-0.3, -0.25) is 4.79 Å². The SMILES string of the molecule is N#Cc1ccc(CNc2ccc3c(c2)NC(=O)CS3)s1. The van der Waals surface area contributed by atoms with Crippen molar-refractivity contribution in [3.63, 3.8) is 0 Å². The largest absolute Gasteiger partial charge is 0.380 e. The highest BCUT2D eigenvalue weighted by Crippen LogP contribution is 2.33. The van der Waals surface area contributed by atoms with Gasteiger partial charge in [-0.2, -0.15) is 5.26 Å². The van der Waals surface area contributed by atoms with Crippen LogP contribution in [0.15, 0.2) is 35.2 Å². The zero-order chi connectivity index (χ0) is 13.9. The smallest absolute Gasteiger partial charge is 0.234 e. The van der Waals surface area contributed by atoms with Gasteiger partial charge in [0.2, 0.25) is 5.91 Å². The lowest BCUT2D eigenvalue weighted by molar-refractivity contribution is -0.113. The second kappa shape index (κ2) is 5.57. The van der Waals surface area contributed by atoms with Gasteiger partial charge < -0.3 is 10.6 Å². The fourth-order valence-corrected chi connectivity index (χ4v) is 3.45. The maximum absolute atomic E-state index is 11.4. The van der Waals surface area contributed by atoms with Gasteiger partial charge in [0.25, 0.3) is 0 Å². The van der Waals surface area contributed by atoms with Gasteiger partial charge in [-0.15, -0.1) is 23.1 Å². The van der Waals surface area contributed by atoms with E-state index in [0.29, 0.717) is 12.3 Å². The van der Waals surface area contributed by atoms with Gasteiger partial charge in [-0.1, -0.05) is 0 Å². The molecule has 20 heavy (non-hydrogen) atoms. The van der Waals surface area contributed by atoms with Crippen molar-refractivity contribution in [2.24, 2.45) is 0 Å². The quantitative estimate of drug-likeness (QED) is 0.913. The van der Waals surface area contributed by atoms with E-state index in [-0.39, 0.29) is 5.91 Å². The van der Waals surface area contributed by atoms with E-state index < -0.39 is 0 Å². The van der Waals surface area contributed by atoms with Gasteiger partial charge in [0.15, 0.2) is 0 Å². The van der Waals surface area contributed by atoms with E-state index in [1.54, 1.807) is 11.8 Å². The molecule has 0 bridgehead atoms. The average Bonchev–Trinajstić information content (AvgIpc) is 2.92. The number of thioether (sulfide) groups is 1. The number of carbonyl (C=O) groups is 1. The molecule has 0 atom stereocenters. The molecule has 0 spiro atoms. The molecule has 0 aliphatic carbocycles. The lowest BCUT2D eigenvalue weighted by atomic mass is 10.2. The molecular weight excluding hydrogens is 290 g/mol. The predicted octanol–water partition coefficient (Wildman–Crippen LogP) is 3.28. The molecule has 2 N–H and O–H groups in total. The van der Waals surface area contributed by atoms with Crippen LogP contribution in [-0.4, -0.2) is 11.7 Å². The lowest BCUT2D eigenvalue weighted by Gasteiger charge is -2.17. The van der Waals surface area contributed by atoms with Crippen LogP contribution in [0.25, 0.3) is 0 Å². The second-order valence-electron chi connectivity index (χ2n) is 4.28. The molecule has 1 aliphatic rings. The number of amides is 1. The summed E-state index contributed by atoms with van der Waals surface area (Å²) < 4.78 is 0. The molecule has 0 unspecified atom stereocenters. The molecule has 3 rings (SSSR count). The first kappa shape index (κ1) is 13.0. The van der Waals surface area contributed by atoms with Crippen LogP contribution < -0.4 is 10.6 Å². The summed E-state index contributed by atoms with van der Waals surface area (Å²) in [5.41, 5.74) is 1.82. The van der Waals surface area contributed by atoms with Gasteiger partial charge in [0.1, 0.15) is 10.9 Å². The van der Waals surface area contributed by atoms with Crippen LogP contribution in [0.4, 0.5) is 11.4 Å². The van der Waals surface area contributed by atoms with Crippen molar-refractivity contribution in [3.05, 3.63) is 40.1 Å². The Bertz CT molecular complexity index is 703. The highest BCUT2D eigenvalue weighted by Gasteiger charge is 2.15. The zero-order valence-electron chi connectivity index (χ0n) is 10.5. The number of hydrogen-bond donors (Lipinski definition) is 2. The molecule has 2 heterocycles. The molecule has 1 aromatic heterocycles. The van der Waals surface area contributed by atoms with E-state index in [2.05, 4.69) is 16.7 Å². The lowest BCUT2D eigenvalue weighted by Crippen LogP contribution is -2.18. The van der Waals surface area contributed by atoms with Crippen LogP contribution in [0.2, 0.25) is 0 Å². The van der Waals surface area contributed by atoms with Gasteiger partial charge in [0, 0.05) is 22.0 Å². The van der Waals surface area contributed by atoms with E-state index in [1.807, 2.05) is 30.3 Å². The van der Waals surface area contributed by atoms with Crippen LogP contribution in [0.1, 0.15) is 9.75 Å². The Morgan fingerprint density at radius 1 is 1.35 bits per heavy atom. The molecule has 0 saturated heterocycles. The maximum atomic E-state index is 11.4. The number of carbonyl (C=O) groups excluding carboxylic acids is 1. The van der Waals surface area contributed by atoms with Crippen molar-refractivity contribution in [1.82, 2.24) is 0 Å². The second-order valence-corrected chi connectivity index (χ2v) is 6.46. The summed E-state index contributed by atoms with van der Waals surface area (Å²) in [6.45, 7) is 0.673. The van der Waals surface area contributed by atoms with Gasteiger partial charge in [-0.05, 0) is 30.3 Å². The summed E-state index contributed by atoms with van der Waals surface area (Å²) in [6, 6.07) is 11.9.